The second kappa shape index (κ2) is 5.75. The summed E-state index contributed by atoms with van der Waals surface area (Å²) in [6.07, 6.45) is 8.73. The third-order valence-corrected chi connectivity index (χ3v) is 4.58. The second-order valence-electron chi connectivity index (χ2n) is 5.12. The molecule has 0 aliphatic carbocycles. The van der Waals surface area contributed by atoms with Crippen LogP contribution in [0.3, 0.4) is 0 Å². The van der Waals surface area contributed by atoms with Gasteiger partial charge in [0.2, 0.25) is 0 Å². The van der Waals surface area contributed by atoms with Crippen molar-refractivity contribution >= 4 is 17.2 Å². The summed E-state index contributed by atoms with van der Waals surface area (Å²) in [6.45, 7) is 3.54. The minimum Gasteiger partial charge on any atom is -0.333 e. The van der Waals surface area contributed by atoms with Gasteiger partial charge in [0.05, 0.1) is 23.8 Å². The third kappa shape index (κ3) is 2.75. The summed E-state index contributed by atoms with van der Waals surface area (Å²) < 4.78 is 1.91. The fourth-order valence-corrected chi connectivity index (χ4v) is 3.42. The number of piperidine rings is 1. The molecule has 0 saturated carbocycles. The van der Waals surface area contributed by atoms with E-state index in [9.17, 15) is 4.79 Å². The number of hydrogen-bond acceptors (Lipinski definition) is 4. The van der Waals surface area contributed by atoms with Crippen LogP contribution in [0.15, 0.2) is 24.7 Å². The number of rotatable bonds is 3. The Labute approximate surface area is 122 Å². The average molecular weight is 290 g/mol. The van der Waals surface area contributed by atoms with Gasteiger partial charge >= 0.3 is 0 Å². The molecule has 3 heterocycles. The molecule has 1 saturated heterocycles. The smallest absolute Gasteiger partial charge is 0.265 e. The molecule has 6 heteroatoms. The largest absolute Gasteiger partial charge is 0.333 e. The first-order valence-electron chi connectivity index (χ1n) is 6.95. The van der Waals surface area contributed by atoms with E-state index in [1.807, 2.05) is 28.8 Å². The van der Waals surface area contributed by atoms with Gasteiger partial charge in [-0.15, -0.1) is 11.3 Å². The van der Waals surface area contributed by atoms with Crippen LogP contribution in [-0.4, -0.2) is 38.2 Å². The zero-order valence-electron chi connectivity index (χ0n) is 11.5. The fourth-order valence-electron chi connectivity index (χ4n) is 2.68. The van der Waals surface area contributed by atoms with Crippen molar-refractivity contribution in [2.75, 3.05) is 6.54 Å². The Bertz CT molecular complexity index is 578. The highest BCUT2D eigenvalue weighted by molar-refractivity contribution is 7.13. The summed E-state index contributed by atoms with van der Waals surface area (Å²) in [5, 5.41) is 5.19. The van der Waals surface area contributed by atoms with E-state index in [1.54, 1.807) is 12.4 Å². The topological polar surface area (TPSA) is 51.0 Å². The number of carbonyl (C=O) groups is 1. The lowest BCUT2D eigenvalue weighted by molar-refractivity contribution is 0.0588. The molecule has 0 spiro atoms. The summed E-state index contributed by atoms with van der Waals surface area (Å²) in [5.74, 6) is 0.118. The molecule has 0 radical (unpaired) electrons. The van der Waals surface area contributed by atoms with E-state index in [4.69, 9.17) is 0 Å². The monoisotopic (exact) mass is 290 g/mol. The van der Waals surface area contributed by atoms with Gasteiger partial charge in [-0.25, -0.2) is 4.98 Å². The number of aryl methyl sites for hydroxylation is 1. The SMILES string of the molecule is Cc1ncc(C(=O)N2CCCC[C@H]2Cn2cccn2)s1. The van der Waals surface area contributed by atoms with Crippen LogP contribution >= 0.6 is 11.3 Å². The Morgan fingerprint density at radius 1 is 1.50 bits per heavy atom. The number of carbonyl (C=O) groups excluding carboxylic acids is 1. The van der Waals surface area contributed by atoms with E-state index in [-0.39, 0.29) is 11.9 Å². The van der Waals surface area contributed by atoms with Crippen molar-refractivity contribution in [3.05, 3.63) is 34.5 Å². The lowest BCUT2D eigenvalue weighted by Gasteiger charge is -2.35. The van der Waals surface area contributed by atoms with E-state index in [0.29, 0.717) is 0 Å². The number of aromatic nitrogens is 3. The molecular weight excluding hydrogens is 272 g/mol. The molecule has 0 aromatic carbocycles. The van der Waals surface area contributed by atoms with Crippen molar-refractivity contribution in [2.24, 2.45) is 0 Å². The molecule has 0 unspecified atom stereocenters. The average Bonchev–Trinajstić information content (AvgIpc) is 3.10. The second-order valence-corrected chi connectivity index (χ2v) is 6.35. The first-order chi connectivity index (χ1) is 9.74. The zero-order valence-corrected chi connectivity index (χ0v) is 12.3. The molecule has 0 N–H and O–H groups in total. The van der Waals surface area contributed by atoms with Crippen molar-refractivity contribution in [2.45, 2.75) is 38.8 Å². The van der Waals surface area contributed by atoms with Gasteiger partial charge in [-0.05, 0) is 32.3 Å². The molecule has 0 bridgehead atoms. The summed E-state index contributed by atoms with van der Waals surface area (Å²) >= 11 is 1.47. The van der Waals surface area contributed by atoms with Crippen LogP contribution in [0.25, 0.3) is 0 Å². The van der Waals surface area contributed by atoms with Crippen molar-refractivity contribution in [3.63, 3.8) is 0 Å². The quantitative estimate of drug-likeness (QED) is 0.872. The minimum absolute atomic E-state index is 0.118. The number of amides is 1. The van der Waals surface area contributed by atoms with Gasteiger partial charge in [-0.3, -0.25) is 9.48 Å². The molecule has 1 atom stereocenters. The number of nitrogens with zero attached hydrogens (tertiary/aromatic N) is 4. The van der Waals surface area contributed by atoms with Crippen LogP contribution in [0.2, 0.25) is 0 Å². The van der Waals surface area contributed by atoms with Gasteiger partial charge in [0.1, 0.15) is 4.88 Å². The molecule has 20 heavy (non-hydrogen) atoms. The van der Waals surface area contributed by atoms with Crippen molar-refractivity contribution in [1.82, 2.24) is 19.7 Å². The van der Waals surface area contributed by atoms with Crippen LogP contribution < -0.4 is 0 Å². The van der Waals surface area contributed by atoms with E-state index in [1.165, 1.54) is 17.8 Å². The van der Waals surface area contributed by atoms with Crippen LogP contribution in [-0.2, 0) is 6.54 Å². The Morgan fingerprint density at radius 3 is 3.10 bits per heavy atom. The van der Waals surface area contributed by atoms with Crippen LogP contribution in [0, 0.1) is 6.92 Å². The highest BCUT2D eigenvalue weighted by Crippen LogP contribution is 2.23. The lowest BCUT2D eigenvalue weighted by atomic mass is 10.0. The molecule has 2 aromatic heterocycles. The number of thiazole rings is 1. The predicted octanol–water partition coefficient (Wildman–Crippen LogP) is 2.34. The summed E-state index contributed by atoms with van der Waals surface area (Å²) in [4.78, 5) is 19.5. The summed E-state index contributed by atoms with van der Waals surface area (Å²) in [5.41, 5.74) is 0. The molecule has 106 valence electrons. The molecule has 1 amide bonds. The third-order valence-electron chi connectivity index (χ3n) is 3.68. The number of likely N-dealkylation sites (tertiary alicyclic amines) is 1. The molecule has 1 fully saturated rings. The van der Waals surface area contributed by atoms with Gasteiger partial charge in [0.25, 0.3) is 5.91 Å². The molecular formula is C14H18N4OS. The highest BCUT2D eigenvalue weighted by Gasteiger charge is 2.28. The maximum atomic E-state index is 12.6. The van der Waals surface area contributed by atoms with E-state index in [0.717, 1.165) is 35.8 Å². The Hall–Kier alpha value is -1.69. The summed E-state index contributed by atoms with van der Waals surface area (Å²) in [6, 6.07) is 2.15. The predicted molar refractivity (Wildman–Crippen MR) is 77.8 cm³/mol. The zero-order chi connectivity index (χ0) is 13.9. The Kier molecular flexibility index (Phi) is 3.82. The van der Waals surface area contributed by atoms with E-state index in [2.05, 4.69) is 10.1 Å². The van der Waals surface area contributed by atoms with Crippen LogP contribution in [0.5, 0.6) is 0 Å². The maximum absolute atomic E-state index is 12.6. The van der Waals surface area contributed by atoms with Crippen molar-refractivity contribution in [3.8, 4) is 0 Å². The van der Waals surface area contributed by atoms with E-state index < -0.39 is 0 Å². The first-order valence-corrected chi connectivity index (χ1v) is 7.76. The first kappa shape index (κ1) is 13.3. The molecule has 1 aliphatic rings. The lowest BCUT2D eigenvalue weighted by Crippen LogP contribution is -2.45. The molecule has 2 aromatic rings. The highest BCUT2D eigenvalue weighted by atomic mass is 32.1. The van der Waals surface area contributed by atoms with Gasteiger partial charge < -0.3 is 4.90 Å². The Morgan fingerprint density at radius 2 is 2.40 bits per heavy atom. The van der Waals surface area contributed by atoms with Crippen molar-refractivity contribution < 1.29 is 4.79 Å². The maximum Gasteiger partial charge on any atom is 0.265 e. The molecule has 1 aliphatic heterocycles. The van der Waals surface area contributed by atoms with Gasteiger partial charge in [0, 0.05) is 18.9 Å². The van der Waals surface area contributed by atoms with Gasteiger partial charge in [-0.2, -0.15) is 5.10 Å². The minimum atomic E-state index is 0.118. The molecule has 3 rings (SSSR count). The number of hydrogen-bond donors (Lipinski definition) is 0. The van der Waals surface area contributed by atoms with E-state index >= 15 is 0 Å². The van der Waals surface area contributed by atoms with Crippen molar-refractivity contribution in [1.29, 1.82) is 0 Å². The standard InChI is InChI=1S/C14H18N4OS/c1-11-15-9-13(20-11)14(19)18-8-3-2-5-12(18)10-17-7-4-6-16-17/h4,6-7,9,12H,2-3,5,8,10H2,1H3/t12-/m0/s1. The van der Waals surface area contributed by atoms with Gasteiger partial charge in [-0.1, -0.05) is 0 Å². The summed E-state index contributed by atoms with van der Waals surface area (Å²) in [7, 11) is 0. The van der Waals surface area contributed by atoms with Gasteiger partial charge in [0.15, 0.2) is 0 Å². The fraction of sp³-hybridized carbons (Fsp3) is 0.500. The van der Waals surface area contributed by atoms with Crippen LogP contribution in [0.4, 0.5) is 0 Å². The molecule has 5 nitrogen and oxygen atoms in total. The Balaban J connectivity index is 1.76. The van der Waals surface area contributed by atoms with Crippen LogP contribution in [0.1, 0.15) is 33.9 Å². The normalized spacial score (nSPS) is 19.2.